The van der Waals surface area contributed by atoms with Crippen LogP contribution in [0.4, 0.5) is 0 Å². The van der Waals surface area contributed by atoms with E-state index in [1.165, 1.54) is 5.56 Å². The molecule has 3 atom stereocenters. The molecule has 5 rings (SSSR count). The van der Waals surface area contributed by atoms with Gasteiger partial charge in [-0.15, -0.1) is 0 Å². The van der Waals surface area contributed by atoms with Gasteiger partial charge in [0.2, 0.25) is 5.91 Å². The minimum Gasteiger partial charge on any atom is -0.379 e. The van der Waals surface area contributed by atoms with Crippen molar-refractivity contribution in [2.75, 3.05) is 32.8 Å². The molecular formula is C28H34N4O3S. The molecule has 8 heteroatoms. The minimum atomic E-state index is -0.0945. The first-order valence-electron chi connectivity index (χ1n) is 12.9. The van der Waals surface area contributed by atoms with Gasteiger partial charge in [0.1, 0.15) is 0 Å². The Morgan fingerprint density at radius 1 is 1.03 bits per heavy atom. The molecule has 0 radical (unpaired) electrons. The number of rotatable bonds is 7. The van der Waals surface area contributed by atoms with Gasteiger partial charge in [0.15, 0.2) is 5.11 Å². The topological polar surface area (TPSA) is 73.9 Å². The first-order valence-corrected chi connectivity index (χ1v) is 13.3. The second kappa shape index (κ2) is 11.5. The number of hydrogen-bond donors (Lipinski definition) is 2. The van der Waals surface area contributed by atoms with Gasteiger partial charge in [-0.25, -0.2) is 0 Å². The highest BCUT2D eigenvalue weighted by Crippen LogP contribution is 2.33. The third kappa shape index (κ3) is 5.77. The van der Waals surface area contributed by atoms with Crippen LogP contribution in [-0.4, -0.2) is 71.7 Å². The zero-order valence-electron chi connectivity index (χ0n) is 20.5. The fraction of sp³-hybridized carbons (Fsp3) is 0.464. The maximum Gasteiger partial charge on any atom is 0.251 e. The molecule has 3 fully saturated rings. The van der Waals surface area contributed by atoms with E-state index in [0.29, 0.717) is 29.8 Å². The number of ether oxygens (including phenoxy) is 1. The maximum atomic E-state index is 13.5. The van der Waals surface area contributed by atoms with Crippen LogP contribution in [0.1, 0.15) is 40.7 Å². The SMILES string of the molecule is O=C(NCCc1ccccc1)c1ccc(CN2C(=O)C3CC(N4CCOCC4)CCC3NC2=S)cc1. The summed E-state index contributed by atoms with van der Waals surface area (Å²) in [4.78, 5) is 30.2. The molecular weight excluding hydrogens is 472 g/mol. The standard InChI is InChI=1S/C28H34N4O3S/c33-26(29-13-12-20-4-2-1-3-5-20)22-8-6-21(7-9-22)19-32-27(34)24-18-23(31-14-16-35-17-15-31)10-11-25(24)30-28(32)36/h1-9,23-25H,10-19H2,(H,29,33)(H,30,36). The molecule has 0 spiro atoms. The molecule has 3 aliphatic rings. The molecule has 1 aliphatic carbocycles. The molecule has 2 heterocycles. The van der Waals surface area contributed by atoms with Crippen LogP contribution in [0.25, 0.3) is 0 Å². The Bertz CT molecular complexity index is 1070. The van der Waals surface area contributed by atoms with Crippen molar-refractivity contribution in [2.45, 2.75) is 44.3 Å². The molecule has 2 aliphatic heterocycles. The highest BCUT2D eigenvalue weighted by atomic mass is 32.1. The van der Waals surface area contributed by atoms with Gasteiger partial charge in [0.25, 0.3) is 5.91 Å². The molecule has 0 aromatic heterocycles. The summed E-state index contributed by atoms with van der Waals surface area (Å²) in [5.74, 6) is -0.0414. The molecule has 3 unspecified atom stereocenters. The van der Waals surface area contributed by atoms with E-state index >= 15 is 0 Å². The summed E-state index contributed by atoms with van der Waals surface area (Å²) in [6, 6.07) is 18.1. The lowest BCUT2D eigenvalue weighted by atomic mass is 9.79. The van der Waals surface area contributed by atoms with Crippen LogP contribution >= 0.6 is 12.2 Å². The number of nitrogens with one attached hydrogen (secondary N) is 2. The molecule has 190 valence electrons. The summed E-state index contributed by atoms with van der Waals surface area (Å²) in [6.45, 7) is 4.42. The maximum absolute atomic E-state index is 13.5. The Hall–Kier alpha value is -2.81. The van der Waals surface area contributed by atoms with Gasteiger partial charge < -0.3 is 15.4 Å². The molecule has 0 bridgehead atoms. The van der Waals surface area contributed by atoms with Crippen molar-refractivity contribution in [3.63, 3.8) is 0 Å². The van der Waals surface area contributed by atoms with Crippen LogP contribution in [-0.2, 0) is 22.5 Å². The van der Waals surface area contributed by atoms with Gasteiger partial charge in [-0.2, -0.15) is 0 Å². The first-order chi connectivity index (χ1) is 17.6. The average Bonchev–Trinajstić information content (AvgIpc) is 2.92. The lowest BCUT2D eigenvalue weighted by molar-refractivity contribution is -0.136. The van der Waals surface area contributed by atoms with E-state index in [1.807, 2.05) is 42.5 Å². The second-order valence-corrected chi connectivity index (χ2v) is 10.3. The van der Waals surface area contributed by atoms with E-state index in [-0.39, 0.29) is 23.8 Å². The molecule has 1 saturated carbocycles. The lowest BCUT2D eigenvalue weighted by Gasteiger charge is -2.46. The molecule has 2 amide bonds. The van der Waals surface area contributed by atoms with Gasteiger partial charge >= 0.3 is 0 Å². The second-order valence-electron chi connectivity index (χ2n) is 9.89. The number of carbonyl (C=O) groups is 2. The van der Waals surface area contributed by atoms with Crippen molar-refractivity contribution in [3.8, 4) is 0 Å². The normalized spacial score (nSPS) is 24.7. The lowest BCUT2D eigenvalue weighted by Crippen LogP contribution is -2.62. The number of thiocarbonyl (C=S) groups is 1. The smallest absolute Gasteiger partial charge is 0.251 e. The van der Waals surface area contributed by atoms with Crippen molar-refractivity contribution in [2.24, 2.45) is 5.92 Å². The molecule has 36 heavy (non-hydrogen) atoms. The summed E-state index contributed by atoms with van der Waals surface area (Å²) in [6.07, 6.45) is 3.69. The number of fused-ring (bicyclic) bond motifs is 1. The van der Waals surface area contributed by atoms with Gasteiger partial charge in [-0.3, -0.25) is 19.4 Å². The monoisotopic (exact) mass is 506 g/mol. The summed E-state index contributed by atoms with van der Waals surface area (Å²) in [5.41, 5.74) is 2.76. The Kier molecular flexibility index (Phi) is 7.94. The fourth-order valence-electron chi connectivity index (χ4n) is 5.57. The largest absolute Gasteiger partial charge is 0.379 e. The number of morpholine rings is 1. The summed E-state index contributed by atoms with van der Waals surface area (Å²) < 4.78 is 5.51. The van der Waals surface area contributed by atoms with E-state index in [4.69, 9.17) is 17.0 Å². The fourth-order valence-corrected chi connectivity index (χ4v) is 5.87. The van der Waals surface area contributed by atoms with Crippen LogP contribution in [0.5, 0.6) is 0 Å². The zero-order valence-corrected chi connectivity index (χ0v) is 21.3. The van der Waals surface area contributed by atoms with Crippen LogP contribution in [0.15, 0.2) is 54.6 Å². The number of hydrogen-bond acceptors (Lipinski definition) is 5. The number of nitrogens with zero attached hydrogens (tertiary/aromatic N) is 2. The number of carbonyl (C=O) groups excluding carboxylic acids is 2. The highest BCUT2D eigenvalue weighted by molar-refractivity contribution is 7.80. The molecule has 2 saturated heterocycles. The average molecular weight is 507 g/mol. The van der Waals surface area contributed by atoms with Crippen LogP contribution < -0.4 is 10.6 Å². The number of amides is 2. The predicted octanol–water partition coefficient (Wildman–Crippen LogP) is 2.75. The molecule has 7 nitrogen and oxygen atoms in total. The zero-order chi connectivity index (χ0) is 24.9. The van der Waals surface area contributed by atoms with E-state index in [2.05, 4.69) is 27.7 Å². The highest BCUT2D eigenvalue weighted by Gasteiger charge is 2.44. The Balaban J connectivity index is 1.16. The van der Waals surface area contributed by atoms with Crippen molar-refractivity contribution in [1.29, 1.82) is 0 Å². The van der Waals surface area contributed by atoms with E-state index in [0.717, 1.165) is 57.6 Å². The predicted molar refractivity (Wildman–Crippen MR) is 143 cm³/mol. The Morgan fingerprint density at radius 3 is 2.53 bits per heavy atom. The first kappa shape index (κ1) is 24.9. The number of benzene rings is 2. The van der Waals surface area contributed by atoms with E-state index < -0.39 is 0 Å². The van der Waals surface area contributed by atoms with Crippen LogP contribution in [0, 0.1) is 5.92 Å². The Labute approximate surface area is 218 Å². The van der Waals surface area contributed by atoms with Crippen molar-refractivity contribution in [3.05, 3.63) is 71.3 Å². The van der Waals surface area contributed by atoms with Crippen LogP contribution in [0.3, 0.4) is 0 Å². The van der Waals surface area contributed by atoms with Crippen molar-refractivity contribution in [1.82, 2.24) is 20.4 Å². The quantitative estimate of drug-likeness (QED) is 0.563. The summed E-state index contributed by atoms with van der Waals surface area (Å²) in [7, 11) is 0. The van der Waals surface area contributed by atoms with E-state index in [1.54, 1.807) is 4.90 Å². The third-order valence-electron chi connectivity index (χ3n) is 7.62. The Morgan fingerprint density at radius 2 is 1.78 bits per heavy atom. The van der Waals surface area contributed by atoms with Crippen molar-refractivity contribution >= 4 is 29.1 Å². The van der Waals surface area contributed by atoms with Gasteiger partial charge in [0.05, 0.1) is 25.7 Å². The third-order valence-corrected chi connectivity index (χ3v) is 7.96. The molecule has 2 aromatic carbocycles. The van der Waals surface area contributed by atoms with Gasteiger partial charge in [-0.1, -0.05) is 42.5 Å². The molecule has 2 N–H and O–H groups in total. The van der Waals surface area contributed by atoms with Gasteiger partial charge in [-0.05, 0) is 61.2 Å². The van der Waals surface area contributed by atoms with Gasteiger partial charge in [0, 0.05) is 37.3 Å². The molecule has 2 aromatic rings. The minimum absolute atomic E-state index is 0.0621. The van der Waals surface area contributed by atoms with E-state index in [9.17, 15) is 9.59 Å². The summed E-state index contributed by atoms with van der Waals surface area (Å²) >= 11 is 5.58. The van der Waals surface area contributed by atoms with Crippen molar-refractivity contribution < 1.29 is 14.3 Å². The summed E-state index contributed by atoms with van der Waals surface area (Å²) in [5, 5.41) is 6.92. The van der Waals surface area contributed by atoms with Crippen LogP contribution in [0.2, 0.25) is 0 Å².